The van der Waals surface area contributed by atoms with Gasteiger partial charge in [0.25, 0.3) is 0 Å². The van der Waals surface area contributed by atoms with Gasteiger partial charge in [0, 0.05) is 0 Å². The van der Waals surface area contributed by atoms with Crippen molar-refractivity contribution in [1.82, 2.24) is 0 Å². The summed E-state index contributed by atoms with van der Waals surface area (Å²) in [6.07, 6.45) is 96.1. The van der Waals surface area contributed by atoms with E-state index in [0.717, 1.165) is 0 Å². The molecule has 78 heavy (non-hydrogen) atoms. The van der Waals surface area contributed by atoms with Crippen LogP contribution in [0.4, 0.5) is 0 Å². The molecule has 0 amide bonds. The van der Waals surface area contributed by atoms with Crippen LogP contribution in [0.1, 0.15) is 427 Å². The Bertz CT molecular complexity index is 969. The lowest BCUT2D eigenvalue weighted by atomic mass is 10.0. The summed E-state index contributed by atoms with van der Waals surface area (Å²) >= 11 is 0. The third-order valence-electron chi connectivity index (χ3n) is 15.1. The van der Waals surface area contributed by atoms with Crippen LogP contribution in [0, 0.1) is 0 Å². The highest BCUT2D eigenvalue weighted by Crippen LogP contribution is 2.16. The number of hydrogen-bond acceptors (Lipinski definition) is 0. The van der Waals surface area contributed by atoms with Gasteiger partial charge in [-0.1, -0.05) is 386 Å². The van der Waals surface area contributed by atoms with Gasteiger partial charge in [0.15, 0.2) is 0 Å². The minimum Gasteiger partial charge on any atom is -0.103 e. The first-order valence-electron chi connectivity index (χ1n) is 36.1. The van der Waals surface area contributed by atoms with Crippen molar-refractivity contribution in [2.45, 2.75) is 427 Å². The monoisotopic (exact) mass is 1090 g/mol. The topological polar surface area (TPSA) is 0 Å². The van der Waals surface area contributed by atoms with Gasteiger partial charge in [0.05, 0.1) is 0 Å². The molecular weight excluding hydrogens is 937 g/mol. The maximum absolute atomic E-state index is 3.76. The van der Waals surface area contributed by atoms with Crippen LogP contribution in [-0.4, -0.2) is 0 Å². The van der Waals surface area contributed by atoms with Crippen LogP contribution in [-0.2, 0) is 0 Å². The van der Waals surface area contributed by atoms with Crippen LogP contribution >= 0.6 is 0 Å². The average molecular weight is 1090 g/mol. The molecule has 0 N–H and O–H groups in total. The van der Waals surface area contributed by atoms with Gasteiger partial charge >= 0.3 is 0 Å². The number of unbranched alkanes of at least 4 members (excludes halogenated alkanes) is 54. The smallest absolute Gasteiger partial charge is 0.0353 e. The van der Waals surface area contributed by atoms with Crippen molar-refractivity contribution < 1.29 is 0 Å². The van der Waals surface area contributed by atoms with Crippen molar-refractivity contribution in [3.8, 4) is 0 Å². The van der Waals surface area contributed by atoms with Crippen LogP contribution in [0.15, 0.2) is 75.9 Å². The molecule has 0 bridgehead atoms. The highest BCUT2D eigenvalue weighted by atomic mass is 14.0. The van der Waals surface area contributed by atoms with Crippen LogP contribution in [0.5, 0.6) is 0 Å². The quantitative estimate of drug-likeness (QED) is 0.0421. The summed E-state index contributed by atoms with van der Waals surface area (Å²) in [4.78, 5) is 0. The van der Waals surface area contributed by atoms with Crippen molar-refractivity contribution in [3.63, 3.8) is 0 Å². The van der Waals surface area contributed by atoms with Crippen molar-refractivity contribution in [2.24, 2.45) is 0 Å². The molecule has 0 fully saturated rings. The fourth-order valence-electron chi connectivity index (χ4n) is 9.60. The molecule has 0 nitrogen and oxygen atoms in total. The predicted molar refractivity (Wildman–Crippen MR) is 372 cm³/mol. The van der Waals surface area contributed by atoms with E-state index in [2.05, 4.69) is 81.0 Å². The molecule has 0 rings (SSSR count). The molecule has 0 aliphatic carbocycles. The summed E-state index contributed by atoms with van der Waals surface area (Å²) in [5.41, 5.74) is 0. The Kier molecular flexibility index (Phi) is 113. The molecule has 0 aromatic carbocycles. The van der Waals surface area contributed by atoms with Crippen molar-refractivity contribution in [3.05, 3.63) is 75.9 Å². The molecule has 0 saturated carbocycles. The standard InChI is InChI=1S/C18H36.C16H32.C14H28.C12H24.C10H20.C8H16/c1-3-5-7-9-11-13-15-17-18-16-14-12-10-8-6-4-2;1-3-5-7-9-11-13-15-16-14-12-10-8-6-4-2;1-3-5-7-9-11-13-14-12-10-8-6-4-2;1-3-5-7-9-11-12-10-8-6-4-2;1-3-5-7-9-10-8-6-4-2;1-3-5-7-8-6-4-2/h3H,1,4-18H2,2H3;3H,1,4-16H2,2H3;3H,1,4-14H2,2H3;3H,1,4-12H2,2H3;3H,1,4-10H2,2H3;3H,1,4-8H2,2H3. The molecule has 468 valence electrons. The van der Waals surface area contributed by atoms with E-state index in [0.29, 0.717) is 0 Å². The van der Waals surface area contributed by atoms with E-state index >= 15 is 0 Å². The van der Waals surface area contributed by atoms with E-state index in [4.69, 9.17) is 0 Å². The number of hydrogen-bond donors (Lipinski definition) is 0. The Hall–Kier alpha value is -1.56. The molecule has 0 spiro atoms. The van der Waals surface area contributed by atoms with Crippen LogP contribution in [0.3, 0.4) is 0 Å². The van der Waals surface area contributed by atoms with E-state index in [-0.39, 0.29) is 0 Å². The molecule has 0 heterocycles. The second-order valence-electron chi connectivity index (χ2n) is 23.4. The summed E-state index contributed by atoms with van der Waals surface area (Å²) in [5, 5.41) is 0. The van der Waals surface area contributed by atoms with E-state index in [1.54, 1.807) is 0 Å². The van der Waals surface area contributed by atoms with E-state index in [9.17, 15) is 0 Å². The minimum atomic E-state index is 1.19. The largest absolute Gasteiger partial charge is 0.103 e. The highest BCUT2D eigenvalue weighted by Gasteiger charge is 1.96. The average Bonchev–Trinajstić information content (AvgIpc) is 3.45. The zero-order valence-electron chi connectivity index (χ0n) is 56.1. The molecule has 0 radical (unpaired) electrons. The maximum atomic E-state index is 3.76. The molecule has 0 aliphatic heterocycles. The van der Waals surface area contributed by atoms with E-state index < -0.39 is 0 Å². The lowest BCUT2D eigenvalue weighted by Crippen LogP contribution is -1.83. The molecule has 0 aliphatic rings. The molecular formula is C78H156. The minimum absolute atomic E-state index is 1.19. The van der Waals surface area contributed by atoms with Gasteiger partial charge in [-0.15, -0.1) is 39.5 Å². The Labute approximate surface area is 500 Å². The highest BCUT2D eigenvalue weighted by molar-refractivity contribution is 4.68. The third kappa shape index (κ3) is 118. The first-order valence-corrected chi connectivity index (χ1v) is 36.1. The van der Waals surface area contributed by atoms with Gasteiger partial charge in [-0.3, -0.25) is 0 Å². The predicted octanol–water partition coefficient (Wildman–Crippen LogP) is 30.6. The molecule has 0 atom stereocenters. The van der Waals surface area contributed by atoms with E-state index in [1.807, 2.05) is 36.5 Å². The molecule has 0 saturated heterocycles. The second-order valence-corrected chi connectivity index (χ2v) is 23.4. The van der Waals surface area contributed by atoms with Gasteiger partial charge in [0.1, 0.15) is 0 Å². The van der Waals surface area contributed by atoms with Crippen molar-refractivity contribution in [1.29, 1.82) is 0 Å². The summed E-state index contributed by atoms with van der Waals surface area (Å²) in [7, 11) is 0. The van der Waals surface area contributed by atoms with Gasteiger partial charge < -0.3 is 0 Å². The van der Waals surface area contributed by atoms with Crippen LogP contribution < -0.4 is 0 Å². The summed E-state index contributed by atoms with van der Waals surface area (Å²) in [6.45, 7) is 35.9. The zero-order valence-corrected chi connectivity index (χ0v) is 56.1. The Balaban J connectivity index is -0.000000203. The van der Waals surface area contributed by atoms with E-state index in [1.165, 1.54) is 385 Å². The Morgan fingerprint density at radius 3 is 0.295 bits per heavy atom. The van der Waals surface area contributed by atoms with Crippen molar-refractivity contribution >= 4 is 0 Å². The van der Waals surface area contributed by atoms with Gasteiger partial charge in [-0.05, 0) is 77.0 Å². The molecule has 0 aromatic rings. The fourth-order valence-corrected chi connectivity index (χ4v) is 9.60. The van der Waals surface area contributed by atoms with Gasteiger partial charge in [-0.25, -0.2) is 0 Å². The number of rotatable bonds is 60. The Morgan fingerprint density at radius 1 is 0.128 bits per heavy atom. The molecule has 0 aromatic heterocycles. The molecule has 0 unspecified atom stereocenters. The normalized spacial score (nSPS) is 10.2. The molecule has 0 heteroatoms. The maximum Gasteiger partial charge on any atom is -0.0353 e. The van der Waals surface area contributed by atoms with Crippen molar-refractivity contribution in [2.75, 3.05) is 0 Å². The van der Waals surface area contributed by atoms with Crippen LogP contribution in [0.2, 0.25) is 0 Å². The van der Waals surface area contributed by atoms with Gasteiger partial charge in [-0.2, -0.15) is 0 Å². The third-order valence-corrected chi connectivity index (χ3v) is 15.1. The number of allylic oxidation sites excluding steroid dienone is 6. The summed E-state index contributed by atoms with van der Waals surface area (Å²) in [6, 6.07) is 0. The van der Waals surface area contributed by atoms with Crippen LogP contribution in [0.25, 0.3) is 0 Å². The zero-order chi connectivity index (χ0) is 58.7. The lowest BCUT2D eigenvalue weighted by Gasteiger charge is -2.02. The summed E-state index contributed by atoms with van der Waals surface area (Å²) in [5.74, 6) is 0. The first kappa shape index (κ1) is 87.7. The van der Waals surface area contributed by atoms with Gasteiger partial charge in [0.2, 0.25) is 0 Å². The Morgan fingerprint density at radius 2 is 0.205 bits per heavy atom. The summed E-state index contributed by atoms with van der Waals surface area (Å²) < 4.78 is 0. The lowest BCUT2D eigenvalue weighted by molar-refractivity contribution is 0.536. The second kappa shape index (κ2) is 101. The first-order chi connectivity index (χ1) is 38.5. The fraction of sp³-hybridized carbons (Fsp3) is 0.846. The SMILES string of the molecule is C=CCCCCCC.C=CCCCCCCCC.C=CCCCCCCCCCC.C=CCCCCCCCCCCCC.C=CCCCCCCCCCCCCCC.C=CCCCCCCCCCCCCCCCC.